The van der Waals surface area contributed by atoms with E-state index in [1.54, 1.807) is 6.07 Å². The number of likely N-dealkylation sites (tertiary alicyclic amines) is 1. The van der Waals surface area contributed by atoms with Gasteiger partial charge in [0.15, 0.2) is 0 Å². The van der Waals surface area contributed by atoms with E-state index in [1.807, 2.05) is 17.0 Å². The molecule has 19 heavy (non-hydrogen) atoms. The summed E-state index contributed by atoms with van der Waals surface area (Å²) in [5.74, 6) is 0. The summed E-state index contributed by atoms with van der Waals surface area (Å²) in [4.78, 5) is 1.92. The monoisotopic (exact) mass is 305 g/mol. The van der Waals surface area contributed by atoms with Crippen LogP contribution in [0.2, 0.25) is 10.0 Å². The van der Waals surface area contributed by atoms with E-state index in [0.29, 0.717) is 29.7 Å². The van der Waals surface area contributed by atoms with Crippen molar-refractivity contribution in [1.82, 2.24) is 4.90 Å². The Balaban J connectivity index is 1.90. The van der Waals surface area contributed by atoms with Gasteiger partial charge in [-0.3, -0.25) is 4.90 Å². The highest BCUT2D eigenvalue weighted by Crippen LogP contribution is 2.23. The van der Waals surface area contributed by atoms with Crippen LogP contribution in [-0.4, -0.2) is 58.2 Å². The van der Waals surface area contributed by atoms with Gasteiger partial charge in [0.1, 0.15) is 6.10 Å². The first-order chi connectivity index (χ1) is 8.97. The summed E-state index contributed by atoms with van der Waals surface area (Å²) < 4.78 is 0. The zero-order valence-electron chi connectivity index (χ0n) is 10.3. The molecule has 0 bridgehead atoms. The van der Waals surface area contributed by atoms with Crippen molar-refractivity contribution in [3.05, 3.63) is 33.8 Å². The third-order valence-electron chi connectivity index (χ3n) is 3.38. The topological polar surface area (TPSA) is 63.9 Å². The molecule has 106 valence electrons. The van der Waals surface area contributed by atoms with Crippen molar-refractivity contribution in [2.75, 3.05) is 19.6 Å². The van der Waals surface area contributed by atoms with Gasteiger partial charge in [0.25, 0.3) is 0 Å². The number of hydrogen-bond donors (Lipinski definition) is 3. The molecule has 4 nitrogen and oxygen atoms in total. The number of piperidine rings is 1. The summed E-state index contributed by atoms with van der Waals surface area (Å²) in [5.41, 5.74) is 1.05. The molecule has 0 aromatic heterocycles. The second-order valence-electron chi connectivity index (χ2n) is 4.88. The normalized spacial score (nSPS) is 28.6. The minimum absolute atomic E-state index is 0.361. The molecule has 0 amide bonds. The van der Waals surface area contributed by atoms with Crippen LogP contribution in [0.15, 0.2) is 18.2 Å². The van der Waals surface area contributed by atoms with Crippen molar-refractivity contribution in [3.63, 3.8) is 0 Å². The van der Waals surface area contributed by atoms with Gasteiger partial charge in [-0.05, 0) is 24.1 Å². The molecular weight excluding hydrogens is 289 g/mol. The molecule has 1 heterocycles. The number of hydrogen-bond acceptors (Lipinski definition) is 4. The quantitative estimate of drug-likeness (QED) is 0.777. The van der Waals surface area contributed by atoms with Crippen LogP contribution < -0.4 is 0 Å². The Morgan fingerprint density at radius 2 is 1.68 bits per heavy atom. The summed E-state index contributed by atoms with van der Waals surface area (Å²) in [6, 6.07) is 5.47. The van der Waals surface area contributed by atoms with Crippen LogP contribution in [0.4, 0.5) is 0 Å². The van der Waals surface area contributed by atoms with Gasteiger partial charge in [-0.15, -0.1) is 0 Å². The lowest BCUT2D eigenvalue weighted by atomic mass is 10.0. The first-order valence-electron chi connectivity index (χ1n) is 6.18. The van der Waals surface area contributed by atoms with Crippen molar-refractivity contribution in [1.29, 1.82) is 0 Å². The van der Waals surface area contributed by atoms with E-state index < -0.39 is 18.3 Å². The van der Waals surface area contributed by atoms with Crippen LogP contribution in [0.3, 0.4) is 0 Å². The largest absolute Gasteiger partial charge is 0.389 e. The van der Waals surface area contributed by atoms with Crippen LogP contribution in [0.25, 0.3) is 0 Å². The predicted octanol–water partition coefficient (Wildman–Crippen LogP) is 0.934. The fraction of sp³-hybridized carbons (Fsp3) is 0.538. The maximum absolute atomic E-state index is 9.61. The predicted molar refractivity (Wildman–Crippen MR) is 74.6 cm³/mol. The Kier molecular flexibility index (Phi) is 5.06. The molecule has 0 spiro atoms. The van der Waals surface area contributed by atoms with Crippen LogP contribution in [0.5, 0.6) is 0 Å². The van der Waals surface area contributed by atoms with E-state index >= 15 is 0 Å². The molecule has 1 fully saturated rings. The number of nitrogens with zero attached hydrogens (tertiary/aromatic N) is 1. The summed E-state index contributed by atoms with van der Waals surface area (Å²) in [5, 5.41) is 29.7. The lowest BCUT2D eigenvalue weighted by Gasteiger charge is -2.36. The molecule has 1 aromatic carbocycles. The Morgan fingerprint density at radius 1 is 1.05 bits per heavy atom. The minimum Gasteiger partial charge on any atom is -0.389 e. The van der Waals surface area contributed by atoms with Crippen molar-refractivity contribution >= 4 is 23.2 Å². The molecule has 0 saturated carbocycles. The maximum Gasteiger partial charge on any atom is 0.108 e. The van der Waals surface area contributed by atoms with Crippen LogP contribution in [0.1, 0.15) is 5.56 Å². The fourth-order valence-corrected chi connectivity index (χ4v) is 2.56. The summed E-state index contributed by atoms with van der Waals surface area (Å²) in [7, 11) is 0. The van der Waals surface area contributed by atoms with Crippen LogP contribution >= 0.6 is 23.2 Å². The molecule has 3 N–H and O–H groups in total. The molecular formula is C13H17Cl2NO3. The van der Waals surface area contributed by atoms with Gasteiger partial charge in [0, 0.05) is 19.6 Å². The van der Waals surface area contributed by atoms with E-state index in [0.717, 1.165) is 12.0 Å². The van der Waals surface area contributed by atoms with E-state index in [2.05, 4.69) is 0 Å². The maximum atomic E-state index is 9.61. The van der Waals surface area contributed by atoms with Gasteiger partial charge in [0.2, 0.25) is 0 Å². The molecule has 1 aliphatic heterocycles. The second kappa shape index (κ2) is 6.39. The highest BCUT2D eigenvalue weighted by molar-refractivity contribution is 6.42. The minimum atomic E-state index is -1.05. The van der Waals surface area contributed by atoms with Gasteiger partial charge in [-0.2, -0.15) is 0 Å². The molecule has 3 atom stereocenters. The molecule has 2 rings (SSSR count). The average Bonchev–Trinajstić information content (AvgIpc) is 2.37. The Morgan fingerprint density at radius 3 is 2.26 bits per heavy atom. The van der Waals surface area contributed by atoms with Crippen molar-refractivity contribution in [3.8, 4) is 0 Å². The highest BCUT2D eigenvalue weighted by atomic mass is 35.5. The number of halogens is 2. The number of aliphatic hydroxyl groups is 3. The zero-order valence-corrected chi connectivity index (χ0v) is 11.8. The fourth-order valence-electron chi connectivity index (χ4n) is 2.24. The molecule has 1 aliphatic rings. The highest BCUT2D eigenvalue weighted by Gasteiger charge is 2.32. The van der Waals surface area contributed by atoms with E-state index in [4.69, 9.17) is 23.2 Å². The molecule has 6 heteroatoms. The van der Waals surface area contributed by atoms with Gasteiger partial charge in [-0.25, -0.2) is 0 Å². The molecule has 1 aromatic rings. The number of rotatable bonds is 3. The van der Waals surface area contributed by atoms with Crippen molar-refractivity contribution in [2.24, 2.45) is 0 Å². The Labute approximate surface area is 122 Å². The Bertz CT molecular complexity index is 432. The smallest absolute Gasteiger partial charge is 0.108 e. The van der Waals surface area contributed by atoms with Crippen LogP contribution in [-0.2, 0) is 6.42 Å². The zero-order chi connectivity index (χ0) is 14.0. The number of aliphatic hydroxyl groups excluding tert-OH is 3. The summed E-state index contributed by atoms with van der Waals surface area (Å²) >= 11 is 11.8. The second-order valence-corrected chi connectivity index (χ2v) is 5.70. The van der Waals surface area contributed by atoms with Gasteiger partial charge in [-0.1, -0.05) is 29.3 Å². The summed E-state index contributed by atoms with van der Waals surface area (Å²) in [6.45, 7) is 1.40. The molecule has 0 aliphatic carbocycles. The van der Waals surface area contributed by atoms with Gasteiger partial charge < -0.3 is 15.3 Å². The summed E-state index contributed by atoms with van der Waals surface area (Å²) in [6.07, 6.45) is -2.12. The molecule has 1 saturated heterocycles. The standard InChI is InChI=1S/C13H17Cl2NO3/c14-9-2-1-8(5-10(9)15)3-4-16-6-11(17)13(19)12(18)7-16/h1-2,5,11-13,17-19H,3-4,6-7H2/t11-,12+,13?. The van der Waals surface area contributed by atoms with Crippen LogP contribution in [0, 0.1) is 0 Å². The van der Waals surface area contributed by atoms with E-state index in [-0.39, 0.29) is 0 Å². The molecule has 0 radical (unpaired) electrons. The number of β-amino-alcohol motifs (C(OH)–C–C–N with tert-alkyl or cyclic N) is 2. The lowest BCUT2D eigenvalue weighted by molar-refractivity contribution is -0.109. The first-order valence-corrected chi connectivity index (χ1v) is 6.93. The van der Waals surface area contributed by atoms with Gasteiger partial charge >= 0.3 is 0 Å². The van der Waals surface area contributed by atoms with Crippen molar-refractivity contribution in [2.45, 2.75) is 24.7 Å². The Hall–Kier alpha value is -0.360. The van der Waals surface area contributed by atoms with E-state index in [1.165, 1.54) is 0 Å². The lowest BCUT2D eigenvalue weighted by Crippen LogP contribution is -2.55. The van der Waals surface area contributed by atoms with E-state index in [9.17, 15) is 15.3 Å². The third-order valence-corrected chi connectivity index (χ3v) is 4.12. The van der Waals surface area contributed by atoms with Crippen molar-refractivity contribution < 1.29 is 15.3 Å². The average molecular weight is 306 g/mol. The van der Waals surface area contributed by atoms with Gasteiger partial charge in [0.05, 0.1) is 22.3 Å². The molecule has 1 unspecified atom stereocenters. The number of benzene rings is 1. The third kappa shape index (κ3) is 3.81. The first kappa shape index (κ1) is 15.0. The SMILES string of the molecule is OC1[C@H](O)CN(CCc2ccc(Cl)c(Cl)c2)C[C@@H]1O.